The summed E-state index contributed by atoms with van der Waals surface area (Å²) in [4.78, 5) is 12.1. The molecular weight excluding hydrogens is 320 g/mol. The van der Waals surface area contributed by atoms with Gasteiger partial charge >= 0.3 is 0 Å². The lowest BCUT2D eigenvalue weighted by Crippen LogP contribution is -2.44. The first kappa shape index (κ1) is 17.2. The maximum atomic E-state index is 11.2. The molecule has 1 heterocycles. The van der Waals surface area contributed by atoms with E-state index in [4.69, 9.17) is 5.73 Å². The number of piperidine rings is 1. The maximum absolute atomic E-state index is 11.2. The lowest BCUT2D eigenvalue weighted by molar-refractivity contribution is -0.418. The Morgan fingerprint density at radius 3 is 2.68 bits per heavy atom. The van der Waals surface area contributed by atoms with Crippen molar-refractivity contribution in [1.82, 2.24) is 4.90 Å². The Morgan fingerprint density at radius 2 is 2.08 bits per heavy atom. The molecule has 1 unspecified atom stereocenters. The molecule has 0 saturated carbocycles. The Kier molecular flexibility index (Phi) is 4.59. The first-order chi connectivity index (χ1) is 12.0. The van der Waals surface area contributed by atoms with Crippen LogP contribution in [0.5, 0.6) is 0 Å². The van der Waals surface area contributed by atoms with Gasteiger partial charge in [0.05, 0.1) is 11.0 Å². The average Bonchev–Trinajstić information content (AvgIpc) is 2.89. The minimum Gasteiger partial charge on any atom is -0.790 e. The quantitative estimate of drug-likeness (QED) is 0.299. The minimum atomic E-state index is -0.574. The summed E-state index contributed by atoms with van der Waals surface area (Å²) in [6.07, 6.45) is 4.88. The Balaban J connectivity index is 1.78. The SMILES string of the molecule is C=C/C(=C\C(=N\[O-])N1CCC2(CC1)CC(N)c1ccccc12)[N+](=O)[O-]. The van der Waals surface area contributed by atoms with Crippen molar-refractivity contribution in [2.24, 2.45) is 10.9 Å². The molecule has 132 valence electrons. The molecule has 25 heavy (non-hydrogen) atoms. The van der Waals surface area contributed by atoms with Crippen molar-refractivity contribution in [1.29, 1.82) is 0 Å². The van der Waals surface area contributed by atoms with Crippen molar-refractivity contribution in [3.05, 3.63) is 75.1 Å². The Hall–Kier alpha value is -2.67. The van der Waals surface area contributed by atoms with E-state index < -0.39 is 4.92 Å². The first-order valence-corrected chi connectivity index (χ1v) is 8.29. The van der Waals surface area contributed by atoms with Crippen LogP contribution >= 0.6 is 0 Å². The molecule has 1 spiro atoms. The molecule has 1 aliphatic heterocycles. The van der Waals surface area contributed by atoms with Gasteiger partial charge in [-0.3, -0.25) is 10.1 Å². The molecular formula is C18H21N4O3-. The Bertz CT molecular complexity index is 748. The molecule has 1 aromatic rings. The van der Waals surface area contributed by atoms with Gasteiger partial charge in [0.1, 0.15) is 5.84 Å². The lowest BCUT2D eigenvalue weighted by atomic mass is 9.73. The maximum Gasteiger partial charge on any atom is 0.272 e. The topological polar surface area (TPSA) is 108 Å². The summed E-state index contributed by atoms with van der Waals surface area (Å²) >= 11 is 0. The van der Waals surface area contributed by atoms with Gasteiger partial charge in [-0.25, -0.2) is 0 Å². The van der Waals surface area contributed by atoms with E-state index in [1.165, 1.54) is 17.2 Å². The van der Waals surface area contributed by atoms with E-state index >= 15 is 0 Å². The average molecular weight is 341 g/mol. The smallest absolute Gasteiger partial charge is 0.272 e. The van der Waals surface area contributed by atoms with Crippen molar-refractivity contribution in [2.45, 2.75) is 30.7 Å². The third-order valence-electron chi connectivity index (χ3n) is 5.38. The molecule has 1 aliphatic carbocycles. The van der Waals surface area contributed by atoms with Crippen LogP contribution in [0.25, 0.3) is 0 Å². The molecule has 2 N–H and O–H groups in total. The molecule has 2 aliphatic rings. The van der Waals surface area contributed by atoms with Gasteiger partial charge in [0.25, 0.3) is 5.70 Å². The van der Waals surface area contributed by atoms with Crippen molar-refractivity contribution in [2.75, 3.05) is 13.1 Å². The summed E-state index contributed by atoms with van der Waals surface area (Å²) in [6, 6.07) is 8.31. The predicted octanol–water partition coefficient (Wildman–Crippen LogP) is 2.67. The van der Waals surface area contributed by atoms with Crippen molar-refractivity contribution in [3.8, 4) is 0 Å². The summed E-state index contributed by atoms with van der Waals surface area (Å²) in [5, 5.41) is 25.1. The third kappa shape index (κ3) is 3.02. The molecule has 7 heteroatoms. The number of hydrogen-bond donors (Lipinski definition) is 1. The third-order valence-corrected chi connectivity index (χ3v) is 5.38. The highest BCUT2D eigenvalue weighted by Crippen LogP contribution is 2.49. The molecule has 1 saturated heterocycles. The fourth-order valence-corrected chi connectivity index (χ4v) is 4.08. The second kappa shape index (κ2) is 6.68. The van der Waals surface area contributed by atoms with E-state index in [1.54, 1.807) is 4.90 Å². The fraction of sp³-hybridized carbons (Fsp3) is 0.389. The van der Waals surface area contributed by atoms with Crippen LogP contribution in [-0.2, 0) is 5.41 Å². The van der Waals surface area contributed by atoms with Gasteiger partial charge in [-0.1, -0.05) is 30.8 Å². The molecule has 0 aromatic heterocycles. The lowest BCUT2D eigenvalue weighted by Gasteiger charge is -2.41. The highest BCUT2D eigenvalue weighted by Gasteiger charge is 2.44. The Labute approximate surface area is 146 Å². The van der Waals surface area contributed by atoms with Crippen LogP contribution in [0, 0.1) is 15.3 Å². The highest BCUT2D eigenvalue weighted by atomic mass is 16.6. The normalized spacial score (nSPS) is 22.8. The number of amidine groups is 1. The summed E-state index contributed by atoms with van der Waals surface area (Å²) in [6.45, 7) is 4.63. The van der Waals surface area contributed by atoms with E-state index in [1.807, 2.05) is 12.1 Å². The first-order valence-electron chi connectivity index (χ1n) is 8.29. The van der Waals surface area contributed by atoms with Crippen LogP contribution in [0.1, 0.15) is 36.4 Å². The van der Waals surface area contributed by atoms with Gasteiger partial charge in [0.2, 0.25) is 0 Å². The summed E-state index contributed by atoms with van der Waals surface area (Å²) in [5.74, 6) is 0.0806. The highest BCUT2D eigenvalue weighted by molar-refractivity contribution is 5.93. The van der Waals surface area contributed by atoms with Crippen LogP contribution in [-0.4, -0.2) is 28.7 Å². The minimum absolute atomic E-state index is 0.0224. The number of nitrogens with two attached hydrogens (primary N) is 1. The zero-order valence-electron chi connectivity index (χ0n) is 13.9. The molecule has 7 nitrogen and oxygen atoms in total. The molecule has 0 amide bonds. The van der Waals surface area contributed by atoms with E-state index in [2.05, 4.69) is 23.9 Å². The van der Waals surface area contributed by atoms with E-state index in [0.29, 0.717) is 13.1 Å². The van der Waals surface area contributed by atoms with Gasteiger partial charge in [-0.2, -0.15) is 0 Å². The van der Waals surface area contributed by atoms with Gasteiger partial charge in [0.15, 0.2) is 0 Å². The molecule has 0 bridgehead atoms. The summed E-state index contributed by atoms with van der Waals surface area (Å²) in [5.41, 5.74) is 8.60. The Morgan fingerprint density at radius 1 is 1.40 bits per heavy atom. The van der Waals surface area contributed by atoms with Crippen LogP contribution < -0.4 is 5.73 Å². The fourth-order valence-electron chi connectivity index (χ4n) is 4.08. The van der Waals surface area contributed by atoms with Crippen LogP contribution in [0.4, 0.5) is 0 Å². The number of nitro groups is 1. The molecule has 1 aromatic carbocycles. The van der Waals surface area contributed by atoms with Gasteiger partial charge in [-0.15, -0.1) is 0 Å². The predicted molar refractivity (Wildman–Crippen MR) is 96.5 cm³/mol. The standard InChI is InChI=1S/C18H22N4O3/c1-2-13(22(24)25)11-17(20-23)21-9-7-18(8-10-21)12-16(19)14-5-3-4-6-15(14)18/h2-6,11,16,23H,1,7-10,12,19H2/p-1/b13-11+,20-17-. The van der Waals surface area contributed by atoms with E-state index in [9.17, 15) is 15.3 Å². The van der Waals surface area contributed by atoms with Crippen LogP contribution in [0.3, 0.4) is 0 Å². The van der Waals surface area contributed by atoms with Crippen molar-refractivity contribution in [3.63, 3.8) is 0 Å². The molecule has 1 fully saturated rings. The number of benzene rings is 1. The van der Waals surface area contributed by atoms with E-state index in [-0.39, 0.29) is 23.0 Å². The molecule has 1 atom stereocenters. The van der Waals surface area contributed by atoms with Gasteiger partial charge in [0, 0.05) is 30.6 Å². The van der Waals surface area contributed by atoms with Gasteiger partial charge in [-0.05, 0) is 30.4 Å². The van der Waals surface area contributed by atoms with Crippen molar-refractivity contribution < 1.29 is 4.92 Å². The monoisotopic (exact) mass is 341 g/mol. The number of likely N-dealkylation sites (tertiary alicyclic amines) is 1. The summed E-state index contributed by atoms with van der Waals surface area (Å²) in [7, 11) is 0. The second-order valence-electron chi connectivity index (χ2n) is 6.65. The van der Waals surface area contributed by atoms with Crippen LogP contribution in [0.15, 0.2) is 53.8 Å². The zero-order chi connectivity index (χ0) is 18.0. The second-order valence-corrected chi connectivity index (χ2v) is 6.65. The number of hydrogen-bond acceptors (Lipinski definition) is 5. The molecule has 0 radical (unpaired) electrons. The largest absolute Gasteiger partial charge is 0.790 e. The van der Waals surface area contributed by atoms with Gasteiger partial charge < -0.3 is 21.0 Å². The molecule has 3 rings (SSSR count). The number of fused-ring (bicyclic) bond motifs is 2. The zero-order valence-corrected chi connectivity index (χ0v) is 13.9. The number of rotatable bonds is 3. The van der Waals surface area contributed by atoms with Crippen LogP contribution in [0.2, 0.25) is 0 Å². The van der Waals surface area contributed by atoms with Crippen molar-refractivity contribution >= 4 is 5.84 Å². The van der Waals surface area contributed by atoms with E-state index in [0.717, 1.165) is 25.3 Å². The number of nitrogens with zero attached hydrogens (tertiary/aromatic N) is 3. The summed E-state index contributed by atoms with van der Waals surface area (Å²) < 4.78 is 0. The number of allylic oxidation sites excluding steroid dienone is 1.